The van der Waals surface area contributed by atoms with Crippen LogP contribution < -0.4 is 0 Å². The molecule has 0 atom stereocenters. The molecule has 0 aliphatic carbocycles. The third-order valence-corrected chi connectivity index (χ3v) is 6.93. The van der Waals surface area contributed by atoms with Gasteiger partial charge in [-0.3, -0.25) is 9.36 Å². The number of Topliss-reactive ketones (excluding diaryl/α,β-unsaturated/α-hetero) is 1. The fourth-order valence-corrected chi connectivity index (χ4v) is 4.99. The van der Waals surface area contributed by atoms with Gasteiger partial charge in [-0.15, -0.1) is 10.2 Å². The predicted molar refractivity (Wildman–Crippen MR) is 136 cm³/mol. The van der Waals surface area contributed by atoms with E-state index in [-0.39, 0.29) is 5.78 Å². The molecule has 2 heterocycles. The SMILES string of the molecule is CCCn1c(C)cc(C(=O)CSc2nnc(-c3ccc(Cl)cc3)n2-c2ccccc2C)c1C. The molecule has 33 heavy (non-hydrogen) atoms. The first-order valence-corrected chi connectivity index (χ1v) is 12.4. The van der Waals surface area contributed by atoms with Crippen molar-refractivity contribution in [3.63, 3.8) is 0 Å². The number of carbonyl (C=O) groups is 1. The van der Waals surface area contributed by atoms with Gasteiger partial charge in [0.1, 0.15) is 0 Å². The maximum absolute atomic E-state index is 13.1. The van der Waals surface area contributed by atoms with Crippen LogP contribution in [0.4, 0.5) is 0 Å². The van der Waals surface area contributed by atoms with Gasteiger partial charge in [0.2, 0.25) is 0 Å². The highest BCUT2D eigenvalue weighted by atomic mass is 35.5. The van der Waals surface area contributed by atoms with Crippen LogP contribution in [-0.2, 0) is 6.54 Å². The number of ketones is 1. The molecule has 0 radical (unpaired) electrons. The second-order valence-corrected chi connectivity index (χ2v) is 9.46. The summed E-state index contributed by atoms with van der Waals surface area (Å²) in [6.07, 6.45) is 1.03. The highest BCUT2D eigenvalue weighted by Crippen LogP contribution is 2.30. The number of benzene rings is 2. The summed E-state index contributed by atoms with van der Waals surface area (Å²) in [6.45, 7) is 9.20. The molecular weight excluding hydrogens is 452 g/mol. The molecule has 2 aromatic heterocycles. The lowest BCUT2D eigenvalue weighted by Crippen LogP contribution is -2.08. The maximum Gasteiger partial charge on any atom is 0.196 e. The summed E-state index contributed by atoms with van der Waals surface area (Å²) in [5.74, 6) is 1.11. The molecule has 2 aromatic carbocycles. The van der Waals surface area contributed by atoms with E-state index in [0.29, 0.717) is 15.9 Å². The summed E-state index contributed by atoms with van der Waals surface area (Å²) < 4.78 is 4.24. The zero-order valence-electron chi connectivity index (χ0n) is 19.3. The molecule has 0 spiro atoms. The standard InChI is InChI=1S/C26H27ClN4OS/c1-5-14-30-18(3)15-22(19(30)4)24(32)16-33-26-29-28-25(20-10-12-21(27)13-11-20)31(26)23-9-7-6-8-17(23)2/h6-13,15H,5,14,16H2,1-4H3. The molecule has 7 heteroatoms. The largest absolute Gasteiger partial charge is 0.348 e. The number of nitrogens with zero attached hydrogens (tertiary/aromatic N) is 4. The van der Waals surface area contributed by atoms with E-state index in [4.69, 9.17) is 11.6 Å². The highest BCUT2D eigenvalue weighted by Gasteiger charge is 2.20. The first kappa shape index (κ1) is 23.3. The van der Waals surface area contributed by atoms with E-state index in [9.17, 15) is 4.79 Å². The maximum atomic E-state index is 13.1. The average molecular weight is 479 g/mol. The Morgan fingerprint density at radius 1 is 1.03 bits per heavy atom. The van der Waals surface area contributed by atoms with Crippen LogP contribution in [0.25, 0.3) is 17.1 Å². The number of hydrogen-bond donors (Lipinski definition) is 0. The van der Waals surface area contributed by atoms with Crippen LogP contribution in [0.1, 0.15) is 40.7 Å². The topological polar surface area (TPSA) is 52.7 Å². The lowest BCUT2D eigenvalue weighted by molar-refractivity contribution is 0.102. The van der Waals surface area contributed by atoms with Gasteiger partial charge in [0.15, 0.2) is 16.8 Å². The molecule has 170 valence electrons. The van der Waals surface area contributed by atoms with Crippen molar-refractivity contribution in [2.45, 2.75) is 45.8 Å². The Morgan fingerprint density at radius 3 is 2.45 bits per heavy atom. The van der Waals surface area contributed by atoms with Crippen LogP contribution in [0.5, 0.6) is 0 Å². The molecule has 0 N–H and O–H groups in total. The molecule has 4 rings (SSSR count). The van der Waals surface area contributed by atoms with Crippen LogP contribution in [0.15, 0.2) is 59.8 Å². The Kier molecular flexibility index (Phi) is 7.05. The Hall–Kier alpha value is -2.83. The molecule has 0 aliphatic rings. The van der Waals surface area contributed by atoms with Gasteiger partial charge in [0.05, 0.1) is 11.4 Å². The summed E-state index contributed by atoms with van der Waals surface area (Å²) in [5.41, 5.74) is 5.94. The number of rotatable bonds is 8. The number of aromatic nitrogens is 4. The van der Waals surface area contributed by atoms with Crippen molar-refractivity contribution in [1.29, 1.82) is 0 Å². The van der Waals surface area contributed by atoms with E-state index in [2.05, 4.69) is 41.6 Å². The van der Waals surface area contributed by atoms with Gasteiger partial charge in [-0.05, 0) is 69.2 Å². The molecule has 0 saturated heterocycles. The van der Waals surface area contributed by atoms with Gasteiger partial charge < -0.3 is 4.57 Å². The Morgan fingerprint density at radius 2 is 1.76 bits per heavy atom. The van der Waals surface area contributed by atoms with E-state index in [0.717, 1.165) is 52.6 Å². The number of aryl methyl sites for hydroxylation is 2. The number of halogens is 1. The average Bonchev–Trinajstić information content (AvgIpc) is 3.35. The summed E-state index contributed by atoms with van der Waals surface area (Å²) in [5, 5.41) is 10.3. The third-order valence-electron chi connectivity index (χ3n) is 5.75. The third kappa shape index (κ3) is 4.77. The molecular formula is C26H27ClN4OS. The fraction of sp³-hybridized carbons (Fsp3) is 0.269. The number of thioether (sulfide) groups is 1. The van der Waals surface area contributed by atoms with Gasteiger partial charge in [0.25, 0.3) is 0 Å². The lowest BCUT2D eigenvalue weighted by atomic mass is 10.1. The second-order valence-electron chi connectivity index (χ2n) is 8.08. The van der Waals surface area contributed by atoms with Crippen molar-refractivity contribution < 1.29 is 4.79 Å². The Balaban J connectivity index is 1.67. The minimum Gasteiger partial charge on any atom is -0.348 e. The van der Waals surface area contributed by atoms with E-state index < -0.39 is 0 Å². The molecule has 0 unspecified atom stereocenters. The Labute approximate surface area is 203 Å². The molecule has 0 aliphatic heterocycles. The van der Waals surface area contributed by atoms with Crippen LogP contribution in [0.2, 0.25) is 5.02 Å². The minimum absolute atomic E-state index is 0.0998. The first-order valence-electron chi connectivity index (χ1n) is 11.0. The normalized spacial score (nSPS) is 11.2. The van der Waals surface area contributed by atoms with Crippen molar-refractivity contribution in [1.82, 2.24) is 19.3 Å². The van der Waals surface area contributed by atoms with Crippen LogP contribution >= 0.6 is 23.4 Å². The first-order chi connectivity index (χ1) is 15.9. The van der Waals surface area contributed by atoms with Gasteiger partial charge in [-0.1, -0.05) is 48.5 Å². The van der Waals surface area contributed by atoms with Gasteiger partial charge in [-0.25, -0.2) is 0 Å². The smallest absolute Gasteiger partial charge is 0.196 e. The number of hydrogen-bond acceptors (Lipinski definition) is 4. The summed E-state index contributed by atoms with van der Waals surface area (Å²) >= 11 is 7.50. The summed E-state index contributed by atoms with van der Waals surface area (Å²) in [7, 11) is 0. The fourth-order valence-electron chi connectivity index (χ4n) is 4.04. The number of carbonyl (C=O) groups excluding carboxylic acids is 1. The van der Waals surface area contributed by atoms with E-state index in [1.54, 1.807) is 0 Å². The van der Waals surface area contributed by atoms with Crippen LogP contribution in [0.3, 0.4) is 0 Å². The van der Waals surface area contributed by atoms with Crippen molar-refractivity contribution in [2.24, 2.45) is 0 Å². The van der Waals surface area contributed by atoms with Gasteiger partial charge in [-0.2, -0.15) is 0 Å². The molecule has 0 saturated carbocycles. The van der Waals surface area contributed by atoms with E-state index >= 15 is 0 Å². The molecule has 5 nitrogen and oxygen atoms in total. The molecule has 4 aromatic rings. The highest BCUT2D eigenvalue weighted by molar-refractivity contribution is 7.99. The molecule has 0 amide bonds. The zero-order valence-corrected chi connectivity index (χ0v) is 20.9. The van der Waals surface area contributed by atoms with Crippen molar-refractivity contribution >= 4 is 29.1 Å². The summed E-state index contributed by atoms with van der Waals surface area (Å²) in [6, 6.07) is 17.7. The monoisotopic (exact) mass is 478 g/mol. The van der Waals surface area contributed by atoms with Gasteiger partial charge in [0, 0.05) is 34.1 Å². The van der Waals surface area contributed by atoms with E-state index in [1.165, 1.54) is 11.8 Å². The molecule has 0 fully saturated rings. The Bertz CT molecular complexity index is 1290. The predicted octanol–water partition coefficient (Wildman–Crippen LogP) is 6.70. The van der Waals surface area contributed by atoms with Crippen molar-refractivity contribution in [2.75, 3.05) is 5.75 Å². The van der Waals surface area contributed by atoms with Gasteiger partial charge >= 0.3 is 0 Å². The second kappa shape index (κ2) is 9.98. The van der Waals surface area contributed by atoms with Crippen LogP contribution in [0, 0.1) is 20.8 Å². The van der Waals surface area contributed by atoms with Crippen molar-refractivity contribution in [3.8, 4) is 17.1 Å². The zero-order chi connectivity index (χ0) is 23.5. The van der Waals surface area contributed by atoms with E-state index in [1.807, 2.05) is 60.0 Å². The van der Waals surface area contributed by atoms with Crippen molar-refractivity contribution in [3.05, 3.63) is 82.1 Å². The molecule has 0 bridgehead atoms. The van der Waals surface area contributed by atoms with Crippen LogP contribution in [-0.4, -0.2) is 30.9 Å². The quantitative estimate of drug-likeness (QED) is 0.209. The number of para-hydroxylation sites is 1. The summed E-state index contributed by atoms with van der Waals surface area (Å²) in [4.78, 5) is 13.1. The minimum atomic E-state index is 0.0998. The lowest BCUT2D eigenvalue weighted by Gasteiger charge is -2.13.